The molecular formula is C14H25N3O4. The zero-order valence-electron chi connectivity index (χ0n) is 12.6. The Labute approximate surface area is 124 Å². The number of nitrogens with one attached hydrogen (secondary N) is 2. The number of carboxylic acid groups (broad SMARTS) is 1. The van der Waals surface area contributed by atoms with Crippen molar-refractivity contribution in [1.82, 2.24) is 10.6 Å². The van der Waals surface area contributed by atoms with E-state index in [4.69, 9.17) is 10.8 Å². The van der Waals surface area contributed by atoms with Crippen LogP contribution >= 0.6 is 0 Å². The number of carboxylic acids is 1. The normalized spacial score (nSPS) is 19.0. The third-order valence-electron chi connectivity index (χ3n) is 4.37. The minimum atomic E-state index is -0.849. The third kappa shape index (κ3) is 4.91. The Hall–Kier alpha value is -1.79. The maximum atomic E-state index is 12.2. The van der Waals surface area contributed by atoms with E-state index in [-0.39, 0.29) is 23.7 Å². The minimum Gasteiger partial charge on any atom is -0.481 e. The van der Waals surface area contributed by atoms with Crippen LogP contribution in [0.15, 0.2) is 0 Å². The summed E-state index contributed by atoms with van der Waals surface area (Å²) in [7, 11) is 0. The predicted octanol–water partition coefficient (Wildman–Crippen LogP) is 0.831. The number of rotatable bonds is 8. The molecule has 7 nitrogen and oxygen atoms in total. The number of aliphatic carboxylic acids is 1. The highest BCUT2D eigenvalue weighted by atomic mass is 16.4. The molecule has 21 heavy (non-hydrogen) atoms. The maximum absolute atomic E-state index is 12.2. The van der Waals surface area contributed by atoms with E-state index in [1.807, 2.05) is 13.8 Å². The number of urea groups is 1. The van der Waals surface area contributed by atoms with Gasteiger partial charge in [-0.3, -0.25) is 9.59 Å². The molecule has 0 aromatic carbocycles. The van der Waals surface area contributed by atoms with Crippen molar-refractivity contribution in [1.29, 1.82) is 0 Å². The molecule has 120 valence electrons. The molecule has 0 spiro atoms. The number of hydrogen-bond acceptors (Lipinski definition) is 3. The van der Waals surface area contributed by atoms with Crippen molar-refractivity contribution in [2.45, 2.75) is 52.0 Å². The highest BCUT2D eigenvalue weighted by molar-refractivity contribution is 5.86. The molecule has 2 unspecified atom stereocenters. The van der Waals surface area contributed by atoms with E-state index in [1.165, 1.54) is 0 Å². The average molecular weight is 299 g/mol. The van der Waals surface area contributed by atoms with Gasteiger partial charge in [-0.15, -0.1) is 0 Å². The van der Waals surface area contributed by atoms with Crippen LogP contribution in [0, 0.1) is 11.3 Å². The van der Waals surface area contributed by atoms with Crippen molar-refractivity contribution in [2.75, 3.05) is 6.54 Å². The molecule has 0 radical (unpaired) electrons. The standard InChI is InChI=1S/C14H25N3O4/c1-3-9(2)11(17-13(15)21)12(20)16-8-14(5-4-6-14)7-10(18)19/h9,11H,3-8H2,1-2H3,(H,16,20)(H,18,19)(H3,15,17,21). The van der Waals surface area contributed by atoms with Gasteiger partial charge in [0.05, 0.1) is 6.42 Å². The zero-order chi connectivity index (χ0) is 16.0. The Bertz CT molecular complexity index is 407. The Balaban J connectivity index is 2.60. The van der Waals surface area contributed by atoms with Crippen LogP contribution in [0.2, 0.25) is 0 Å². The zero-order valence-corrected chi connectivity index (χ0v) is 12.6. The van der Waals surface area contributed by atoms with Crippen molar-refractivity contribution < 1.29 is 19.5 Å². The van der Waals surface area contributed by atoms with Crippen molar-refractivity contribution >= 4 is 17.9 Å². The molecular weight excluding hydrogens is 274 g/mol. The molecule has 1 aliphatic rings. The van der Waals surface area contributed by atoms with Gasteiger partial charge in [0.1, 0.15) is 6.04 Å². The lowest BCUT2D eigenvalue weighted by atomic mass is 9.66. The van der Waals surface area contributed by atoms with Crippen LogP contribution in [0.5, 0.6) is 0 Å². The fourth-order valence-electron chi connectivity index (χ4n) is 2.65. The molecule has 1 saturated carbocycles. The molecule has 1 rings (SSSR count). The summed E-state index contributed by atoms with van der Waals surface area (Å²) in [5.41, 5.74) is 4.76. The number of carbonyl (C=O) groups is 3. The van der Waals surface area contributed by atoms with E-state index >= 15 is 0 Å². The Kier molecular flexibility index (Phi) is 5.99. The third-order valence-corrected chi connectivity index (χ3v) is 4.37. The lowest BCUT2D eigenvalue weighted by molar-refractivity contribution is -0.142. The number of carbonyl (C=O) groups excluding carboxylic acids is 2. The van der Waals surface area contributed by atoms with Crippen LogP contribution < -0.4 is 16.4 Å². The summed E-state index contributed by atoms with van der Waals surface area (Å²) in [5, 5.41) is 14.2. The van der Waals surface area contributed by atoms with Gasteiger partial charge >= 0.3 is 12.0 Å². The molecule has 0 aromatic rings. The number of hydrogen-bond donors (Lipinski definition) is 4. The largest absolute Gasteiger partial charge is 0.481 e. The highest BCUT2D eigenvalue weighted by Crippen LogP contribution is 2.43. The molecule has 7 heteroatoms. The Morgan fingerprint density at radius 2 is 1.95 bits per heavy atom. The van der Waals surface area contributed by atoms with Gasteiger partial charge in [-0.05, 0) is 24.2 Å². The molecule has 1 aliphatic carbocycles. The molecule has 0 aromatic heterocycles. The number of primary amides is 1. The summed E-state index contributed by atoms with van der Waals surface area (Å²) in [6.07, 6.45) is 3.37. The number of amides is 3. The van der Waals surface area contributed by atoms with Crippen LogP contribution in [0.4, 0.5) is 4.79 Å². The van der Waals surface area contributed by atoms with E-state index in [0.29, 0.717) is 6.54 Å². The summed E-state index contributed by atoms with van der Waals surface area (Å²) in [4.78, 5) is 34.1. The summed E-state index contributed by atoms with van der Waals surface area (Å²) >= 11 is 0. The van der Waals surface area contributed by atoms with E-state index < -0.39 is 18.0 Å². The maximum Gasteiger partial charge on any atom is 0.312 e. The van der Waals surface area contributed by atoms with E-state index in [2.05, 4.69) is 10.6 Å². The van der Waals surface area contributed by atoms with Crippen LogP contribution in [0.3, 0.4) is 0 Å². The molecule has 2 atom stereocenters. The van der Waals surface area contributed by atoms with Gasteiger partial charge < -0.3 is 21.5 Å². The van der Waals surface area contributed by atoms with Gasteiger partial charge in [0.15, 0.2) is 0 Å². The second-order valence-corrected chi connectivity index (χ2v) is 6.01. The van der Waals surface area contributed by atoms with Crippen molar-refractivity contribution in [2.24, 2.45) is 17.1 Å². The molecule has 0 bridgehead atoms. The number of nitrogens with two attached hydrogens (primary N) is 1. The van der Waals surface area contributed by atoms with Crippen LogP contribution in [0.1, 0.15) is 46.0 Å². The van der Waals surface area contributed by atoms with Crippen LogP contribution in [0.25, 0.3) is 0 Å². The van der Waals surface area contributed by atoms with Gasteiger partial charge in [-0.2, -0.15) is 0 Å². The first-order chi connectivity index (χ1) is 9.79. The topological polar surface area (TPSA) is 122 Å². The fourth-order valence-corrected chi connectivity index (χ4v) is 2.65. The van der Waals surface area contributed by atoms with Gasteiger partial charge in [-0.25, -0.2) is 4.79 Å². The van der Waals surface area contributed by atoms with E-state index in [0.717, 1.165) is 25.7 Å². The molecule has 0 heterocycles. The van der Waals surface area contributed by atoms with Crippen molar-refractivity contribution in [3.05, 3.63) is 0 Å². The second kappa shape index (κ2) is 7.28. The van der Waals surface area contributed by atoms with Gasteiger partial charge in [-0.1, -0.05) is 26.7 Å². The molecule has 5 N–H and O–H groups in total. The van der Waals surface area contributed by atoms with E-state index in [9.17, 15) is 14.4 Å². The minimum absolute atomic E-state index is 0.0469. The Morgan fingerprint density at radius 3 is 2.33 bits per heavy atom. The predicted molar refractivity (Wildman–Crippen MR) is 77.5 cm³/mol. The van der Waals surface area contributed by atoms with Crippen molar-refractivity contribution in [3.8, 4) is 0 Å². The first kappa shape index (κ1) is 17.3. The summed E-state index contributed by atoms with van der Waals surface area (Å²) in [6, 6.07) is -1.42. The fraction of sp³-hybridized carbons (Fsp3) is 0.786. The van der Waals surface area contributed by atoms with Crippen LogP contribution in [-0.4, -0.2) is 35.6 Å². The summed E-state index contributed by atoms with van der Waals surface area (Å²) in [5.74, 6) is -1.20. The Morgan fingerprint density at radius 1 is 1.33 bits per heavy atom. The van der Waals surface area contributed by atoms with Crippen molar-refractivity contribution in [3.63, 3.8) is 0 Å². The molecule has 3 amide bonds. The van der Waals surface area contributed by atoms with E-state index in [1.54, 1.807) is 0 Å². The average Bonchev–Trinajstić information content (AvgIpc) is 2.37. The lowest BCUT2D eigenvalue weighted by Gasteiger charge is -2.41. The second-order valence-electron chi connectivity index (χ2n) is 6.01. The molecule has 0 saturated heterocycles. The van der Waals surface area contributed by atoms with Gasteiger partial charge in [0, 0.05) is 6.54 Å². The smallest absolute Gasteiger partial charge is 0.312 e. The monoisotopic (exact) mass is 299 g/mol. The lowest BCUT2D eigenvalue weighted by Crippen LogP contribution is -2.54. The summed E-state index contributed by atoms with van der Waals surface area (Å²) in [6.45, 7) is 4.10. The first-order valence-electron chi connectivity index (χ1n) is 7.35. The van der Waals surface area contributed by atoms with Gasteiger partial charge in [0.25, 0.3) is 0 Å². The summed E-state index contributed by atoms with van der Waals surface area (Å²) < 4.78 is 0. The highest BCUT2D eigenvalue weighted by Gasteiger charge is 2.39. The van der Waals surface area contributed by atoms with Crippen LogP contribution in [-0.2, 0) is 9.59 Å². The molecule has 0 aliphatic heterocycles. The first-order valence-corrected chi connectivity index (χ1v) is 7.35. The quantitative estimate of drug-likeness (QED) is 0.530. The SMILES string of the molecule is CCC(C)C(NC(N)=O)C(=O)NCC1(CC(=O)O)CCC1. The van der Waals surface area contributed by atoms with Gasteiger partial charge in [0.2, 0.25) is 5.91 Å². The molecule has 1 fully saturated rings.